The molecule has 0 fully saturated rings. The summed E-state index contributed by atoms with van der Waals surface area (Å²) in [6, 6.07) is 17.0. The standard InChI is InChI=1S/C27H21N7O5/c1-38-18-10-8-17(9-11-18)30-25(36)20-14-16-6-3-4-7-19(16)22(23(20)35)31-32-24-21(26(37)39-2)15-34(33-24)27-28-12-5-13-29-27/h3-15,35H,1-2H3,(H,30,36). The van der Waals surface area contributed by atoms with E-state index < -0.39 is 17.6 Å². The van der Waals surface area contributed by atoms with Crippen molar-refractivity contribution in [3.63, 3.8) is 0 Å². The number of rotatable bonds is 7. The van der Waals surface area contributed by atoms with Gasteiger partial charge in [0.2, 0.25) is 5.82 Å². The molecule has 0 saturated heterocycles. The van der Waals surface area contributed by atoms with Crippen molar-refractivity contribution < 1.29 is 24.2 Å². The van der Waals surface area contributed by atoms with Crippen molar-refractivity contribution in [2.45, 2.75) is 0 Å². The fraction of sp³-hybridized carbons (Fsp3) is 0.0741. The lowest BCUT2D eigenvalue weighted by atomic mass is 10.0. The molecule has 194 valence electrons. The van der Waals surface area contributed by atoms with Crippen LogP contribution in [0.2, 0.25) is 0 Å². The molecular weight excluding hydrogens is 502 g/mol. The number of carbonyl (C=O) groups is 2. The maximum Gasteiger partial charge on any atom is 0.343 e. The van der Waals surface area contributed by atoms with E-state index in [0.717, 1.165) is 0 Å². The number of carbonyl (C=O) groups excluding carboxylic acids is 2. The molecule has 1 amide bonds. The number of anilines is 1. The van der Waals surface area contributed by atoms with E-state index >= 15 is 0 Å². The Morgan fingerprint density at radius 2 is 1.69 bits per heavy atom. The number of methoxy groups -OCH3 is 2. The van der Waals surface area contributed by atoms with Gasteiger partial charge in [-0.15, -0.1) is 15.3 Å². The number of ether oxygens (including phenoxy) is 2. The largest absolute Gasteiger partial charge is 0.505 e. The minimum absolute atomic E-state index is 0.00546. The number of azo groups is 1. The fourth-order valence-electron chi connectivity index (χ4n) is 3.77. The van der Waals surface area contributed by atoms with Gasteiger partial charge in [-0.2, -0.15) is 0 Å². The van der Waals surface area contributed by atoms with Crippen LogP contribution in [0.5, 0.6) is 11.5 Å². The highest BCUT2D eigenvalue weighted by Crippen LogP contribution is 2.40. The van der Waals surface area contributed by atoms with Gasteiger partial charge in [0.15, 0.2) is 5.75 Å². The van der Waals surface area contributed by atoms with Gasteiger partial charge in [-0.05, 0) is 41.8 Å². The molecule has 5 aromatic rings. The lowest BCUT2D eigenvalue weighted by Crippen LogP contribution is -2.12. The molecule has 5 rings (SSSR count). The molecule has 12 nitrogen and oxygen atoms in total. The molecule has 0 unspecified atom stereocenters. The SMILES string of the molecule is COC(=O)c1cn(-c2ncccn2)nc1N=Nc1c(O)c(C(=O)Nc2ccc(OC)cc2)cc2ccccc12. The number of nitrogens with zero attached hydrogens (tertiary/aromatic N) is 6. The van der Waals surface area contributed by atoms with Gasteiger partial charge in [-0.25, -0.2) is 19.4 Å². The van der Waals surface area contributed by atoms with Crippen LogP contribution in [0.4, 0.5) is 17.2 Å². The minimum atomic E-state index is -0.701. The average Bonchev–Trinajstić information content (AvgIpc) is 3.41. The Hall–Kier alpha value is -5.65. The molecule has 2 aromatic heterocycles. The Bertz CT molecular complexity index is 1700. The number of amides is 1. The van der Waals surface area contributed by atoms with Crippen LogP contribution < -0.4 is 10.1 Å². The second kappa shape index (κ2) is 10.8. The number of nitrogens with one attached hydrogen (secondary N) is 1. The Kier molecular flexibility index (Phi) is 6.90. The van der Waals surface area contributed by atoms with Crippen LogP contribution in [0.3, 0.4) is 0 Å². The summed E-state index contributed by atoms with van der Waals surface area (Å²) in [6.45, 7) is 0. The zero-order chi connectivity index (χ0) is 27.4. The molecule has 2 heterocycles. The first-order valence-corrected chi connectivity index (χ1v) is 11.6. The number of phenols is 1. The van der Waals surface area contributed by atoms with Crippen LogP contribution in [0, 0.1) is 0 Å². The summed E-state index contributed by atoms with van der Waals surface area (Å²) in [7, 11) is 2.77. The Labute approximate surface area is 221 Å². The monoisotopic (exact) mass is 523 g/mol. The molecule has 39 heavy (non-hydrogen) atoms. The van der Waals surface area contributed by atoms with Crippen LogP contribution in [0.1, 0.15) is 20.7 Å². The quantitative estimate of drug-likeness (QED) is 0.224. The van der Waals surface area contributed by atoms with Crippen molar-refractivity contribution in [3.05, 3.63) is 90.4 Å². The first-order valence-electron chi connectivity index (χ1n) is 11.6. The zero-order valence-electron chi connectivity index (χ0n) is 20.8. The Morgan fingerprint density at radius 3 is 2.41 bits per heavy atom. The lowest BCUT2D eigenvalue weighted by Gasteiger charge is -2.11. The molecule has 0 saturated carbocycles. The summed E-state index contributed by atoms with van der Waals surface area (Å²) in [5, 5.41) is 27.7. The average molecular weight is 524 g/mol. The van der Waals surface area contributed by atoms with E-state index in [4.69, 9.17) is 9.47 Å². The second-order valence-corrected chi connectivity index (χ2v) is 8.08. The number of aromatic nitrogens is 4. The number of hydrogen-bond donors (Lipinski definition) is 2. The molecule has 0 radical (unpaired) electrons. The van der Waals surface area contributed by atoms with Crippen molar-refractivity contribution in [1.82, 2.24) is 19.7 Å². The summed E-state index contributed by atoms with van der Waals surface area (Å²) in [5.41, 5.74) is 0.517. The number of hydrogen-bond acceptors (Lipinski definition) is 10. The summed E-state index contributed by atoms with van der Waals surface area (Å²) < 4.78 is 11.3. The molecule has 3 aromatic carbocycles. The second-order valence-electron chi connectivity index (χ2n) is 8.08. The van der Waals surface area contributed by atoms with E-state index in [-0.39, 0.29) is 28.6 Å². The minimum Gasteiger partial charge on any atom is -0.505 e. The van der Waals surface area contributed by atoms with E-state index in [1.807, 2.05) is 0 Å². The maximum atomic E-state index is 13.1. The van der Waals surface area contributed by atoms with E-state index in [1.54, 1.807) is 67.8 Å². The molecule has 0 spiro atoms. The van der Waals surface area contributed by atoms with Gasteiger partial charge in [0, 0.05) is 23.5 Å². The summed E-state index contributed by atoms with van der Waals surface area (Å²) >= 11 is 0. The maximum absolute atomic E-state index is 13.1. The highest BCUT2D eigenvalue weighted by Gasteiger charge is 2.21. The van der Waals surface area contributed by atoms with Crippen molar-refractivity contribution in [2.24, 2.45) is 10.2 Å². The highest BCUT2D eigenvalue weighted by atomic mass is 16.5. The number of aromatic hydroxyl groups is 1. The van der Waals surface area contributed by atoms with Gasteiger partial charge >= 0.3 is 5.97 Å². The molecule has 0 aliphatic heterocycles. The van der Waals surface area contributed by atoms with Crippen molar-refractivity contribution in [3.8, 4) is 17.4 Å². The third kappa shape index (κ3) is 5.11. The van der Waals surface area contributed by atoms with Gasteiger partial charge in [-0.3, -0.25) is 4.79 Å². The summed E-state index contributed by atoms with van der Waals surface area (Å²) in [4.78, 5) is 33.8. The normalized spacial score (nSPS) is 11.0. The number of phenolic OH excluding ortho intramolecular Hbond substituents is 1. The molecule has 12 heteroatoms. The number of benzene rings is 3. The van der Waals surface area contributed by atoms with Crippen LogP contribution >= 0.6 is 0 Å². The lowest BCUT2D eigenvalue weighted by molar-refractivity contribution is 0.0601. The van der Waals surface area contributed by atoms with Crippen LogP contribution in [0.15, 0.2) is 89.5 Å². The predicted octanol–water partition coefficient (Wildman–Crippen LogP) is 4.98. The van der Waals surface area contributed by atoms with Gasteiger partial charge in [0.1, 0.15) is 17.0 Å². The molecule has 0 aliphatic carbocycles. The third-order valence-electron chi connectivity index (χ3n) is 5.69. The molecule has 0 atom stereocenters. The van der Waals surface area contributed by atoms with Gasteiger partial charge in [-0.1, -0.05) is 24.3 Å². The summed E-state index contributed by atoms with van der Waals surface area (Å²) in [5.74, 6) is -0.903. The van der Waals surface area contributed by atoms with E-state index in [9.17, 15) is 14.7 Å². The zero-order valence-corrected chi connectivity index (χ0v) is 20.8. The predicted molar refractivity (Wildman–Crippen MR) is 141 cm³/mol. The van der Waals surface area contributed by atoms with Crippen LogP contribution in [-0.2, 0) is 4.74 Å². The smallest absolute Gasteiger partial charge is 0.343 e. The number of esters is 1. The Morgan fingerprint density at radius 1 is 0.949 bits per heavy atom. The van der Waals surface area contributed by atoms with E-state index in [1.165, 1.54) is 30.4 Å². The van der Waals surface area contributed by atoms with Crippen molar-refractivity contribution in [2.75, 3.05) is 19.5 Å². The van der Waals surface area contributed by atoms with E-state index in [0.29, 0.717) is 22.2 Å². The van der Waals surface area contributed by atoms with Crippen LogP contribution in [-0.4, -0.2) is 51.0 Å². The highest BCUT2D eigenvalue weighted by molar-refractivity contribution is 6.11. The molecular formula is C27H21N7O5. The van der Waals surface area contributed by atoms with Gasteiger partial charge in [0.05, 0.1) is 26.0 Å². The first-order chi connectivity index (χ1) is 19.0. The van der Waals surface area contributed by atoms with Crippen molar-refractivity contribution >= 4 is 39.8 Å². The Balaban J connectivity index is 1.56. The van der Waals surface area contributed by atoms with Crippen LogP contribution in [0.25, 0.3) is 16.7 Å². The van der Waals surface area contributed by atoms with Gasteiger partial charge < -0.3 is 19.9 Å². The number of fused-ring (bicyclic) bond motifs is 1. The third-order valence-corrected chi connectivity index (χ3v) is 5.69. The topological polar surface area (TPSA) is 153 Å². The first kappa shape index (κ1) is 25.0. The molecule has 0 aliphatic rings. The fourth-order valence-corrected chi connectivity index (χ4v) is 3.77. The summed E-state index contributed by atoms with van der Waals surface area (Å²) in [6.07, 6.45) is 4.41. The van der Waals surface area contributed by atoms with Crippen molar-refractivity contribution in [1.29, 1.82) is 0 Å². The van der Waals surface area contributed by atoms with Gasteiger partial charge in [0.25, 0.3) is 11.9 Å². The molecule has 0 bridgehead atoms. The van der Waals surface area contributed by atoms with E-state index in [2.05, 4.69) is 30.6 Å². The molecule has 2 N–H and O–H groups in total.